The summed E-state index contributed by atoms with van der Waals surface area (Å²) in [6, 6.07) is 3.46. The monoisotopic (exact) mass is 1550 g/mol. The van der Waals surface area contributed by atoms with Gasteiger partial charge >= 0.3 is 18.1 Å². The molecule has 30 nitrogen and oxygen atoms in total. The number of alkyl halides is 1. The second-order valence-electron chi connectivity index (χ2n) is 28.5. The van der Waals surface area contributed by atoms with Crippen LogP contribution in [0.5, 0.6) is 0 Å². The van der Waals surface area contributed by atoms with E-state index in [0.29, 0.717) is 61.3 Å². The van der Waals surface area contributed by atoms with Gasteiger partial charge in [0.05, 0.1) is 104 Å². The zero-order valence-corrected chi connectivity index (χ0v) is 60.5. The minimum Gasteiger partial charge on any atom is -0.445 e. The zero-order valence-electron chi connectivity index (χ0n) is 58.3. The molecule has 564 valence electrons. The molecule has 9 aliphatic rings. The fourth-order valence-electron chi connectivity index (χ4n) is 15.2. The maximum absolute atomic E-state index is 14.6. The van der Waals surface area contributed by atoms with Crippen LogP contribution in [0.2, 0.25) is 0 Å². The lowest BCUT2D eigenvalue weighted by Crippen LogP contribution is -2.63. The summed E-state index contributed by atoms with van der Waals surface area (Å²) >= 11 is 2.35. The van der Waals surface area contributed by atoms with Crippen LogP contribution in [0.1, 0.15) is 135 Å². The summed E-state index contributed by atoms with van der Waals surface area (Å²) in [5, 5.41) is 36.6. The molecule has 9 N–H and O–H groups in total. The van der Waals surface area contributed by atoms with Crippen molar-refractivity contribution in [3.8, 4) is 0 Å². The molecular formula is C71H100IN7O23. The number of halogens is 1. The number of nitrogens with one attached hydrogen (secondary N) is 5. The van der Waals surface area contributed by atoms with Crippen molar-refractivity contribution in [3.05, 3.63) is 66.3 Å². The number of ketones is 1. The third-order valence-electron chi connectivity index (χ3n) is 20.6. The van der Waals surface area contributed by atoms with E-state index in [-0.39, 0.29) is 131 Å². The van der Waals surface area contributed by atoms with Crippen LogP contribution in [0.3, 0.4) is 0 Å². The number of primary amides is 1. The van der Waals surface area contributed by atoms with Gasteiger partial charge in [0.25, 0.3) is 11.8 Å². The molecule has 1 aromatic rings. The number of carbonyl (C=O) groups excluding carboxylic acids is 9. The summed E-state index contributed by atoms with van der Waals surface area (Å²) in [7, 11) is 1.57. The molecule has 102 heavy (non-hydrogen) atoms. The molecule has 9 aliphatic heterocycles. The molecule has 0 aromatic heterocycles. The van der Waals surface area contributed by atoms with Gasteiger partial charge in [-0.15, -0.1) is 0 Å². The number of anilines is 1. The first-order valence-electron chi connectivity index (χ1n) is 35.7. The summed E-state index contributed by atoms with van der Waals surface area (Å²) in [4.78, 5) is 120. The van der Waals surface area contributed by atoms with Crippen LogP contribution < -0.4 is 32.3 Å². The van der Waals surface area contributed by atoms with Crippen molar-refractivity contribution in [1.82, 2.24) is 26.3 Å². The molecule has 0 aliphatic carbocycles. The minimum absolute atomic E-state index is 0.0276. The predicted molar refractivity (Wildman–Crippen MR) is 369 cm³/mol. The maximum Gasteiger partial charge on any atom is 0.407 e. The van der Waals surface area contributed by atoms with Crippen molar-refractivity contribution >= 4 is 81.7 Å². The number of fused-ring (bicyclic) bond motifs is 9. The van der Waals surface area contributed by atoms with E-state index in [0.717, 1.165) is 42.6 Å². The highest BCUT2D eigenvalue weighted by molar-refractivity contribution is 14.1. The molecule has 1 spiro atoms. The maximum atomic E-state index is 14.6. The molecule has 9 heterocycles. The zero-order chi connectivity index (χ0) is 72.9. The molecule has 10 bridgehead atoms. The van der Waals surface area contributed by atoms with Gasteiger partial charge in [0, 0.05) is 88.9 Å². The van der Waals surface area contributed by atoms with Crippen LogP contribution in [0, 0.1) is 17.8 Å². The van der Waals surface area contributed by atoms with Crippen LogP contribution in [-0.4, -0.2) is 229 Å². The summed E-state index contributed by atoms with van der Waals surface area (Å²) in [5.41, 5.74) is 8.12. The standard InChI is InChI=1S/C71H100IN7O23/c1-37(2)61(78-56(83)20-24-92-26-27-93-25-21-59(86)102-79-57(84)17-18-58(79)85)68(88)77-49(8-7-23-74-69(73)89)67(87)76-42-11-9-41(10-12-42)36-94-70(90)75-35-44(81)32-55-62(91-6)48-31-43(80)30-46-14-16-52-64(97-46)66-60(72)65(99-52)63-50(82)34-71(100-63,101-66)22-19-47-29-39(4)51(95-47)15-13-45-28-38(3)40(5)53(96-45)33-54(48)98-55/h9-12,17-18,37-38,44-55,60-66,81-82H,4-5,7-8,13-16,19-36H2,1-3,6H3,(H,75,90)(H,76,87)(H,77,88)(H,78,83)(H3,73,74,89)/t38-,44+,45?,46?,47?,48+,49?,50-,51?,52+,53?,54?,55-,60-,61+,62-,63+,64+,65-,66-,71+/m1/s1. The predicted octanol–water partition coefficient (Wildman–Crippen LogP) is 4.01. The third-order valence-corrected chi connectivity index (χ3v) is 22.0. The molecular weight excluding hydrogens is 1450 g/mol. The Bertz CT molecular complexity index is 3180. The number of benzene rings is 1. The minimum atomic E-state index is -1.13. The van der Waals surface area contributed by atoms with Gasteiger partial charge in [-0.3, -0.25) is 28.8 Å². The second kappa shape index (κ2) is 36.3. The van der Waals surface area contributed by atoms with E-state index in [9.17, 15) is 53.4 Å². The number of hydroxylamine groups is 2. The Morgan fingerprint density at radius 2 is 1.48 bits per heavy atom. The van der Waals surface area contributed by atoms with Crippen molar-refractivity contribution in [1.29, 1.82) is 0 Å². The van der Waals surface area contributed by atoms with E-state index in [2.05, 4.69) is 69.3 Å². The molecule has 8 fully saturated rings. The largest absolute Gasteiger partial charge is 0.445 e. The summed E-state index contributed by atoms with van der Waals surface area (Å²) < 4.78 is 70.1. The van der Waals surface area contributed by atoms with Crippen LogP contribution in [-0.2, 0) is 97.1 Å². The van der Waals surface area contributed by atoms with Crippen molar-refractivity contribution in [2.24, 2.45) is 23.5 Å². The molecule has 0 saturated carbocycles. The van der Waals surface area contributed by atoms with Gasteiger partial charge in [-0.25, -0.2) is 14.4 Å². The molecule has 8 saturated heterocycles. The molecule has 1 aromatic carbocycles. The Balaban J connectivity index is 0.696. The summed E-state index contributed by atoms with van der Waals surface area (Å²) in [6.45, 7) is 14.2. The lowest BCUT2D eigenvalue weighted by atomic mass is 9.81. The van der Waals surface area contributed by atoms with Gasteiger partial charge in [0.15, 0.2) is 5.79 Å². The molecule has 0 radical (unpaired) electrons. The Kier molecular flexibility index (Phi) is 27.9. The number of ether oxygens (including phenoxy) is 11. The average Bonchev–Trinajstić information content (AvgIpc) is 1.55. The normalized spacial score (nSPS) is 33.1. The van der Waals surface area contributed by atoms with Gasteiger partial charge < -0.3 is 99.5 Å². The first-order valence-corrected chi connectivity index (χ1v) is 37.0. The number of Topliss-reactive ketones (excluding diaryl/α,β-unsaturated/α-hetero) is 1. The first-order chi connectivity index (χ1) is 48.8. The number of nitrogens with zero attached hydrogens (tertiary/aromatic N) is 1. The number of alkyl carbamates (subject to hydrolysis) is 1. The van der Waals surface area contributed by atoms with E-state index >= 15 is 0 Å². The highest BCUT2D eigenvalue weighted by atomic mass is 127. The number of carbonyl (C=O) groups is 9. The molecule has 21 atom stereocenters. The van der Waals surface area contributed by atoms with E-state index in [1.807, 2.05) is 0 Å². The molecule has 8 amide bonds. The van der Waals surface area contributed by atoms with E-state index in [1.165, 1.54) is 0 Å². The number of methoxy groups -OCH3 is 1. The molecule has 31 heteroatoms. The van der Waals surface area contributed by atoms with E-state index in [4.69, 9.17) is 62.7 Å². The van der Waals surface area contributed by atoms with Crippen molar-refractivity contribution in [2.45, 2.75) is 250 Å². The second-order valence-corrected chi connectivity index (χ2v) is 29.9. The van der Waals surface area contributed by atoms with Crippen LogP contribution >= 0.6 is 22.6 Å². The number of rotatable bonds is 27. The van der Waals surface area contributed by atoms with Gasteiger partial charge in [0.1, 0.15) is 48.9 Å². The van der Waals surface area contributed by atoms with Gasteiger partial charge in [-0.2, -0.15) is 0 Å². The summed E-state index contributed by atoms with van der Waals surface area (Å²) in [6.07, 6.45) is 0.392. The fourth-order valence-corrected chi connectivity index (χ4v) is 16.3. The van der Waals surface area contributed by atoms with Crippen LogP contribution in [0.25, 0.3) is 0 Å². The Hall–Kier alpha value is -6.08. The van der Waals surface area contributed by atoms with Crippen molar-refractivity contribution in [3.63, 3.8) is 0 Å². The van der Waals surface area contributed by atoms with Crippen molar-refractivity contribution in [2.75, 3.05) is 51.9 Å². The Morgan fingerprint density at radius 1 is 0.775 bits per heavy atom. The smallest absolute Gasteiger partial charge is 0.407 e. The van der Waals surface area contributed by atoms with E-state index in [1.54, 1.807) is 45.2 Å². The number of aliphatic hydroxyl groups excluding tert-OH is 2. The number of hydrogen-bond acceptors (Lipinski definition) is 23. The lowest BCUT2D eigenvalue weighted by Gasteiger charge is -2.49. The highest BCUT2D eigenvalue weighted by Crippen LogP contribution is 2.51. The topological polar surface area (TPSA) is 394 Å². The Morgan fingerprint density at radius 3 is 2.21 bits per heavy atom. The first kappa shape index (κ1) is 78.5. The van der Waals surface area contributed by atoms with E-state index < -0.39 is 144 Å². The number of imide groups is 1. The average molecular weight is 1550 g/mol. The van der Waals surface area contributed by atoms with Crippen molar-refractivity contribution < 1.29 is 110 Å². The lowest BCUT2D eigenvalue weighted by molar-refractivity contribution is -0.274. The van der Waals surface area contributed by atoms with Crippen LogP contribution in [0.4, 0.5) is 15.3 Å². The highest BCUT2D eigenvalue weighted by Gasteiger charge is 2.63. The number of amides is 8. The molecule has 10 rings (SSSR count). The molecule has 7 unspecified atom stereocenters. The number of nitrogens with two attached hydrogens (primary N) is 1. The fraction of sp³-hybridized carbons (Fsp3) is 0.704. The van der Waals surface area contributed by atoms with Gasteiger partial charge in [-0.05, 0) is 98.5 Å². The summed E-state index contributed by atoms with van der Waals surface area (Å²) in [5.74, 6) is -5.94. The van der Waals surface area contributed by atoms with Crippen LogP contribution in [0.15, 0.2) is 60.7 Å². The number of hydrogen-bond donors (Lipinski definition) is 8. The third kappa shape index (κ3) is 20.7. The van der Waals surface area contributed by atoms with Gasteiger partial charge in [0.2, 0.25) is 17.7 Å². The quantitative estimate of drug-likeness (QED) is 0.0203. The number of urea groups is 1. The van der Waals surface area contributed by atoms with Gasteiger partial charge in [-0.1, -0.05) is 73.7 Å². The number of aliphatic hydroxyl groups is 2. The Labute approximate surface area is 607 Å². The SMILES string of the molecule is C=C1CC2CC[C@]34C[C@@H](O)[C@H](O3)[C@@H]3O[C@H]5CCC(CC(=O)C[C@H]6C(CC7OC(CCC1O2)C[C@@H](C)C7=C)O[C@H](C[C@H](O)CNC(=O)OCc1ccc(NC(=O)C(CCCNC(N)=O)NC(=O)[C@@H](NC(=O)CCOCCOCCC(=O)ON2C(=O)C=CC2=O)C(C)C)cc1)[C@@H]6OC)O[C@@H]5[C@H](O4)[C@@H]3I.